The van der Waals surface area contributed by atoms with Crippen molar-refractivity contribution in [1.82, 2.24) is 0 Å². The highest BCUT2D eigenvalue weighted by Crippen LogP contribution is 2.47. The van der Waals surface area contributed by atoms with Crippen LogP contribution in [0.3, 0.4) is 0 Å². The Bertz CT molecular complexity index is 555. The number of benzene rings is 1. The molecule has 4 nitrogen and oxygen atoms in total. The van der Waals surface area contributed by atoms with Gasteiger partial charge in [0.05, 0.1) is 5.92 Å². The van der Waals surface area contributed by atoms with Gasteiger partial charge in [-0.25, -0.2) is 0 Å². The van der Waals surface area contributed by atoms with Crippen LogP contribution in [-0.4, -0.2) is 25.0 Å². The fourth-order valence-electron chi connectivity index (χ4n) is 4.05. The van der Waals surface area contributed by atoms with Crippen LogP contribution in [0.2, 0.25) is 0 Å². The first-order valence-electron chi connectivity index (χ1n) is 8.36. The zero-order valence-electron chi connectivity index (χ0n) is 13.8. The SMILES string of the molecule is CC(C)N(C)c1cccc(NC(=O)C2C3CCC(C3)C2N)c1. The molecule has 22 heavy (non-hydrogen) atoms. The zero-order valence-corrected chi connectivity index (χ0v) is 13.8. The number of hydrogen-bond acceptors (Lipinski definition) is 3. The largest absolute Gasteiger partial charge is 0.372 e. The van der Waals surface area contributed by atoms with Gasteiger partial charge >= 0.3 is 0 Å². The predicted molar refractivity (Wildman–Crippen MR) is 90.9 cm³/mol. The van der Waals surface area contributed by atoms with Crippen LogP contribution in [0.5, 0.6) is 0 Å². The summed E-state index contributed by atoms with van der Waals surface area (Å²) in [6, 6.07) is 8.51. The monoisotopic (exact) mass is 301 g/mol. The molecule has 0 aliphatic heterocycles. The van der Waals surface area contributed by atoms with Crippen LogP contribution in [0.15, 0.2) is 24.3 Å². The molecule has 0 spiro atoms. The van der Waals surface area contributed by atoms with Crippen molar-refractivity contribution >= 4 is 17.3 Å². The van der Waals surface area contributed by atoms with Gasteiger partial charge in [-0.2, -0.15) is 0 Å². The first-order chi connectivity index (χ1) is 10.5. The van der Waals surface area contributed by atoms with E-state index in [9.17, 15) is 4.79 Å². The van der Waals surface area contributed by atoms with E-state index < -0.39 is 0 Å². The van der Waals surface area contributed by atoms with Crippen molar-refractivity contribution in [3.8, 4) is 0 Å². The molecule has 2 saturated carbocycles. The van der Waals surface area contributed by atoms with E-state index in [-0.39, 0.29) is 17.9 Å². The van der Waals surface area contributed by atoms with Crippen molar-refractivity contribution in [3.05, 3.63) is 24.3 Å². The summed E-state index contributed by atoms with van der Waals surface area (Å²) in [4.78, 5) is 14.8. The van der Waals surface area contributed by atoms with Gasteiger partial charge in [-0.15, -0.1) is 0 Å². The van der Waals surface area contributed by atoms with E-state index in [2.05, 4.69) is 37.2 Å². The Morgan fingerprint density at radius 2 is 2.05 bits per heavy atom. The lowest BCUT2D eigenvalue weighted by Gasteiger charge is -2.27. The molecule has 0 radical (unpaired) electrons. The number of hydrogen-bond donors (Lipinski definition) is 2. The molecule has 120 valence electrons. The maximum absolute atomic E-state index is 12.6. The number of carbonyl (C=O) groups is 1. The number of fused-ring (bicyclic) bond motifs is 2. The summed E-state index contributed by atoms with van der Waals surface area (Å²) in [6.07, 6.45) is 3.49. The van der Waals surface area contributed by atoms with E-state index in [0.29, 0.717) is 17.9 Å². The number of nitrogens with one attached hydrogen (secondary N) is 1. The van der Waals surface area contributed by atoms with Crippen molar-refractivity contribution in [2.45, 2.75) is 45.2 Å². The summed E-state index contributed by atoms with van der Waals surface area (Å²) in [5, 5.41) is 3.09. The van der Waals surface area contributed by atoms with Gasteiger partial charge in [-0.05, 0) is 63.1 Å². The average Bonchev–Trinajstić information content (AvgIpc) is 3.07. The zero-order chi connectivity index (χ0) is 15.9. The number of rotatable bonds is 4. The van der Waals surface area contributed by atoms with E-state index in [0.717, 1.165) is 24.2 Å². The van der Waals surface area contributed by atoms with Crippen molar-refractivity contribution in [1.29, 1.82) is 0 Å². The molecule has 2 aliphatic rings. The van der Waals surface area contributed by atoms with Crippen molar-refractivity contribution < 1.29 is 4.79 Å². The van der Waals surface area contributed by atoms with Crippen molar-refractivity contribution in [2.75, 3.05) is 17.3 Å². The highest BCUT2D eigenvalue weighted by molar-refractivity contribution is 5.94. The lowest BCUT2D eigenvalue weighted by molar-refractivity contribution is -0.121. The maximum Gasteiger partial charge on any atom is 0.229 e. The number of nitrogens with two attached hydrogens (primary N) is 1. The first-order valence-corrected chi connectivity index (χ1v) is 8.36. The van der Waals surface area contributed by atoms with Crippen LogP contribution in [-0.2, 0) is 4.79 Å². The topological polar surface area (TPSA) is 58.4 Å². The fourth-order valence-corrected chi connectivity index (χ4v) is 4.05. The van der Waals surface area contributed by atoms with Gasteiger partial charge < -0.3 is 16.0 Å². The first kappa shape index (κ1) is 15.3. The second-order valence-corrected chi connectivity index (χ2v) is 7.18. The summed E-state index contributed by atoms with van der Waals surface area (Å²) in [7, 11) is 2.07. The number of anilines is 2. The third-order valence-electron chi connectivity index (χ3n) is 5.58. The molecule has 2 fully saturated rings. The smallest absolute Gasteiger partial charge is 0.229 e. The quantitative estimate of drug-likeness (QED) is 0.899. The van der Waals surface area contributed by atoms with E-state index in [1.807, 2.05) is 18.2 Å². The Labute approximate surface area is 133 Å². The van der Waals surface area contributed by atoms with Crippen molar-refractivity contribution in [2.24, 2.45) is 23.5 Å². The van der Waals surface area contributed by atoms with Crippen LogP contribution in [0.4, 0.5) is 11.4 Å². The molecule has 1 aromatic carbocycles. The van der Waals surface area contributed by atoms with Crippen LogP contribution in [0.25, 0.3) is 0 Å². The lowest BCUT2D eigenvalue weighted by atomic mass is 9.84. The number of nitrogens with zero attached hydrogens (tertiary/aromatic N) is 1. The van der Waals surface area contributed by atoms with Crippen LogP contribution >= 0.6 is 0 Å². The minimum atomic E-state index is -0.00904. The highest BCUT2D eigenvalue weighted by Gasteiger charge is 2.49. The van der Waals surface area contributed by atoms with Gasteiger partial charge in [0, 0.05) is 30.5 Å². The second-order valence-electron chi connectivity index (χ2n) is 7.18. The Hall–Kier alpha value is -1.55. The molecule has 1 aromatic rings. The number of carbonyl (C=O) groups excluding carboxylic acids is 1. The minimum absolute atomic E-state index is 0.00904. The molecule has 2 bridgehead atoms. The summed E-state index contributed by atoms with van der Waals surface area (Å²) in [6.45, 7) is 4.30. The second kappa shape index (κ2) is 5.92. The summed E-state index contributed by atoms with van der Waals surface area (Å²) < 4.78 is 0. The highest BCUT2D eigenvalue weighted by atomic mass is 16.2. The molecule has 4 atom stereocenters. The van der Waals surface area contributed by atoms with Gasteiger partial charge in [0.15, 0.2) is 0 Å². The standard InChI is InChI=1S/C18H27N3O/c1-11(2)21(3)15-6-4-5-14(10-15)20-18(22)16-12-7-8-13(9-12)17(16)19/h4-6,10-13,16-17H,7-9,19H2,1-3H3,(H,20,22). The predicted octanol–water partition coefficient (Wildman–Crippen LogP) is 2.84. The molecule has 3 rings (SSSR count). The molecule has 0 saturated heterocycles. The molecule has 3 N–H and O–H groups in total. The van der Waals surface area contributed by atoms with Crippen LogP contribution in [0, 0.1) is 17.8 Å². The fraction of sp³-hybridized carbons (Fsp3) is 0.611. The normalized spacial score (nSPS) is 29.9. The molecule has 0 heterocycles. The van der Waals surface area contributed by atoms with Gasteiger partial charge in [0.25, 0.3) is 0 Å². The maximum atomic E-state index is 12.6. The van der Waals surface area contributed by atoms with Gasteiger partial charge in [-0.3, -0.25) is 4.79 Å². The minimum Gasteiger partial charge on any atom is -0.372 e. The van der Waals surface area contributed by atoms with Gasteiger partial charge in [0.1, 0.15) is 0 Å². The summed E-state index contributed by atoms with van der Waals surface area (Å²) in [5.41, 5.74) is 8.25. The Balaban J connectivity index is 1.71. The molecule has 4 heteroatoms. The van der Waals surface area contributed by atoms with E-state index in [1.54, 1.807) is 0 Å². The Kier molecular flexibility index (Phi) is 4.13. The van der Waals surface area contributed by atoms with Crippen LogP contribution in [0.1, 0.15) is 33.1 Å². The summed E-state index contributed by atoms with van der Waals surface area (Å²) >= 11 is 0. The molecule has 0 aromatic heterocycles. The van der Waals surface area contributed by atoms with Crippen molar-refractivity contribution in [3.63, 3.8) is 0 Å². The molecule has 1 amide bonds. The number of amides is 1. The average molecular weight is 301 g/mol. The van der Waals surface area contributed by atoms with E-state index in [1.165, 1.54) is 6.42 Å². The van der Waals surface area contributed by atoms with Crippen LogP contribution < -0.4 is 16.0 Å². The van der Waals surface area contributed by atoms with Gasteiger partial charge in [-0.1, -0.05) is 6.07 Å². The van der Waals surface area contributed by atoms with Gasteiger partial charge in [0.2, 0.25) is 5.91 Å². The Morgan fingerprint density at radius 3 is 2.68 bits per heavy atom. The Morgan fingerprint density at radius 1 is 1.32 bits per heavy atom. The van der Waals surface area contributed by atoms with E-state index in [4.69, 9.17) is 5.73 Å². The lowest BCUT2D eigenvalue weighted by Crippen LogP contribution is -2.42. The van der Waals surface area contributed by atoms with E-state index >= 15 is 0 Å². The molecular weight excluding hydrogens is 274 g/mol. The molecule has 4 unspecified atom stereocenters. The molecule has 2 aliphatic carbocycles. The summed E-state index contributed by atoms with van der Waals surface area (Å²) in [5.74, 6) is 1.13. The third-order valence-corrected chi connectivity index (χ3v) is 5.58. The molecular formula is C18H27N3O. The third kappa shape index (κ3) is 2.72.